The first-order valence-electron chi connectivity index (χ1n) is 12.1. The van der Waals surface area contributed by atoms with Crippen LogP contribution in [-0.2, 0) is 18.9 Å². The van der Waals surface area contributed by atoms with E-state index in [1.165, 1.54) is 0 Å². The Labute approximate surface area is 213 Å². The van der Waals surface area contributed by atoms with Gasteiger partial charge in [-0.3, -0.25) is 9.59 Å². The fraction of sp³-hybridized carbons (Fsp3) is 0.762. The molecule has 4 rings (SSSR count). The highest BCUT2D eigenvalue weighted by Crippen LogP contribution is 2.89. The fourth-order valence-electron chi connectivity index (χ4n) is 5.58. The molecule has 1 aliphatic carbocycles. The minimum atomic E-state index is -1.01. The van der Waals surface area contributed by atoms with Crippen molar-refractivity contribution in [2.45, 2.75) is 57.0 Å². The predicted octanol–water partition coefficient (Wildman–Crippen LogP) is 4.36. The molecule has 5 unspecified atom stereocenters. The number of nitrogens with zero attached hydrogens (tertiary/aromatic N) is 1. The molecule has 0 aromatic rings. The summed E-state index contributed by atoms with van der Waals surface area (Å²) in [6.07, 6.45) is 9.78. The number of carbonyl (C=O) groups is 3. The Morgan fingerprint density at radius 3 is 2.79 bits per heavy atom. The van der Waals surface area contributed by atoms with E-state index >= 15 is 0 Å². The fourth-order valence-corrected chi connectivity index (χ4v) is 24.4. The molecule has 13 heteroatoms. The molecule has 3 heterocycles. The molecule has 7 nitrogen and oxygen atoms in total. The normalized spacial score (nSPS) is 38.5. The molecule has 0 aromatic heterocycles. The number of rotatable bonds is 4. The maximum atomic E-state index is 13.8. The molecule has 1 saturated carbocycles. The molecule has 0 radical (unpaired) electrons. The lowest BCUT2D eigenvalue weighted by atomic mass is 9.93. The molecule has 0 aromatic carbocycles. The minimum absolute atomic E-state index is 0.0546. The Morgan fingerprint density at radius 1 is 1.26 bits per heavy atom. The second-order valence-electron chi connectivity index (χ2n) is 9.92. The van der Waals surface area contributed by atoms with Gasteiger partial charge >= 0.3 is 5.97 Å². The smallest absolute Gasteiger partial charge is 0.335 e. The molecule has 34 heavy (non-hydrogen) atoms. The largest absolute Gasteiger partial charge is 0.433 e. The van der Waals surface area contributed by atoms with Crippen molar-refractivity contribution in [1.29, 1.82) is 0 Å². The lowest BCUT2D eigenvalue weighted by molar-refractivity contribution is -0.145. The van der Waals surface area contributed by atoms with E-state index in [2.05, 4.69) is 49.6 Å². The van der Waals surface area contributed by atoms with E-state index < -0.39 is 26.1 Å². The van der Waals surface area contributed by atoms with E-state index in [1.807, 2.05) is 11.8 Å². The number of fused-ring (bicyclic) bond motifs is 4. The monoisotopic (exact) mass is 581 g/mol. The van der Waals surface area contributed by atoms with Gasteiger partial charge in [-0.15, -0.1) is 8.93 Å². The third-order valence-corrected chi connectivity index (χ3v) is 26.2. The summed E-state index contributed by atoms with van der Waals surface area (Å²) in [5.41, 5.74) is -1.01. The summed E-state index contributed by atoms with van der Waals surface area (Å²) in [6, 6.07) is -0.527. The van der Waals surface area contributed by atoms with Crippen LogP contribution in [0.5, 0.6) is 0 Å². The van der Waals surface area contributed by atoms with Crippen LogP contribution in [0.4, 0.5) is 0 Å². The molecule has 0 spiro atoms. The van der Waals surface area contributed by atoms with Crippen LogP contribution in [0.25, 0.3) is 0 Å². The van der Waals surface area contributed by atoms with Gasteiger partial charge in [-0.2, -0.15) is 0 Å². The Balaban J connectivity index is 1.61. The maximum Gasteiger partial charge on any atom is 0.335 e. The first-order chi connectivity index (χ1) is 16.3. The molecule has 2 saturated heterocycles. The summed E-state index contributed by atoms with van der Waals surface area (Å²) in [5.74, 6) is -0.209. The van der Waals surface area contributed by atoms with Crippen molar-refractivity contribution in [3.63, 3.8) is 0 Å². The lowest BCUT2D eigenvalue weighted by Gasteiger charge is -2.31. The first kappa shape index (κ1) is 27.7. The van der Waals surface area contributed by atoms with Gasteiger partial charge in [0.2, 0.25) is 11.8 Å². The van der Waals surface area contributed by atoms with Crippen LogP contribution in [0.2, 0.25) is 0 Å². The third-order valence-electron chi connectivity index (χ3n) is 7.63. The Hall–Kier alpha value is 0.690. The number of nitrogens with one attached hydrogen (secondary N) is 2. The molecular weight excluding hydrogens is 544 g/mol. The van der Waals surface area contributed by atoms with Crippen LogP contribution in [0.15, 0.2) is 12.2 Å². The summed E-state index contributed by atoms with van der Waals surface area (Å²) in [5, 5.41) is 6.53. The van der Waals surface area contributed by atoms with E-state index in [4.69, 9.17) is 4.52 Å². The van der Waals surface area contributed by atoms with Crippen molar-refractivity contribution in [2.24, 2.45) is 23.7 Å². The summed E-state index contributed by atoms with van der Waals surface area (Å²) in [6.45, 7) is 3.62. The molecule has 190 valence electrons. The van der Waals surface area contributed by atoms with Crippen molar-refractivity contribution >= 4 is 67.0 Å². The van der Waals surface area contributed by atoms with Crippen LogP contribution in [0.3, 0.4) is 0 Å². The summed E-state index contributed by atoms with van der Waals surface area (Å²) in [4.78, 5) is 42.5. The van der Waals surface area contributed by atoms with Crippen molar-refractivity contribution in [1.82, 2.24) is 15.5 Å². The number of carbonyl (C=O) groups excluding carboxylic acids is 3. The highest BCUT2D eigenvalue weighted by Gasteiger charge is 2.63. The van der Waals surface area contributed by atoms with Crippen LogP contribution >= 0.6 is 49.3 Å². The number of hydrogen-bond donors (Lipinski definition) is 2. The van der Waals surface area contributed by atoms with Crippen LogP contribution in [0, 0.1) is 23.7 Å². The molecule has 11 atom stereocenters. The second kappa shape index (κ2) is 12.0. The summed E-state index contributed by atoms with van der Waals surface area (Å²) >= 11 is 0. The average Bonchev–Trinajstić information content (AvgIpc) is 3.13. The van der Waals surface area contributed by atoms with Crippen molar-refractivity contribution in [3.8, 4) is 0 Å². The molecule has 3 aliphatic heterocycles. The van der Waals surface area contributed by atoms with Gasteiger partial charge in [0.15, 0.2) is 0 Å². The standard InChI is InChI=1S/C21H37N3O4P6/c1-13-7-5-3-2-4-6-8-15-9-21(15,20(27)28-33(32-29)34(30)31)23-18(25)17-16-11-22-10-14(16)12-24(17)19(13)26/h6,8,13-17,22,32H,2-5,7,9-12,29-31H2,1H3,(H,23,25)/b8-6-/t13-,14-,15+,16-,17-,21+,33?/m0/s1. The Bertz CT molecular complexity index is 832. The number of allylic oxidation sites excluding steroid dienone is 1. The van der Waals surface area contributed by atoms with Crippen LogP contribution in [-0.4, -0.2) is 53.9 Å². The zero-order valence-electron chi connectivity index (χ0n) is 19.6. The SMILES string of the molecule is C[C@H]1CCCCC/C=C\[C@@H]2C[C@@]2(C(=O)OP(PP)P(P)P)NC(=O)[C@@H]2[C@H]3CNC[C@H]3CN2C1=O. The van der Waals surface area contributed by atoms with Crippen LogP contribution < -0.4 is 10.6 Å². The van der Waals surface area contributed by atoms with Gasteiger partial charge in [0.25, 0.3) is 0 Å². The second-order valence-corrected chi connectivity index (χ2v) is 27.3. The number of amides is 2. The van der Waals surface area contributed by atoms with Gasteiger partial charge in [-0.25, -0.2) is 4.79 Å². The van der Waals surface area contributed by atoms with Crippen LogP contribution in [0.1, 0.15) is 45.4 Å². The summed E-state index contributed by atoms with van der Waals surface area (Å²) < 4.78 is 5.98. The van der Waals surface area contributed by atoms with E-state index in [-0.39, 0.29) is 41.5 Å². The van der Waals surface area contributed by atoms with Gasteiger partial charge in [0, 0.05) is 44.4 Å². The summed E-state index contributed by atoms with van der Waals surface area (Å²) in [7, 11) is 7.78. The van der Waals surface area contributed by atoms with E-state index in [0.29, 0.717) is 20.9 Å². The third kappa shape index (κ3) is 5.88. The first-order valence-corrected chi connectivity index (χ1v) is 22.3. The van der Waals surface area contributed by atoms with E-state index in [9.17, 15) is 14.4 Å². The van der Waals surface area contributed by atoms with Crippen molar-refractivity contribution in [3.05, 3.63) is 12.2 Å². The van der Waals surface area contributed by atoms with Crippen molar-refractivity contribution < 1.29 is 18.9 Å². The lowest BCUT2D eigenvalue weighted by Crippen LogP contribution is -2.56. The van der Waals surface area contributed by atoms with Gasteiger partial charge in [0.1, 0.15) is 19.1 Å². The van der Waals surface area contributed by atoms with Gasteiger partial charge in [-0.1, -0.05) is 49.8 Å². The highest BCUT2D eigenvalue weighted by atomic mass is 32.9. The molecule has 2 amide bonds. The highest BCUT2D eigenvalue weighted by molar-refractivity contribution is 8.86. The molecular formula is C21H37N3O4P6. The van der Waals surface area contributed by atoms with Gasteiger partial charge in [0.05, 0.1) is 0 Å². The molecule has 3 fully saturated rings. The maximum absolute atomic E-state index is 13.8. The predicted molar refractivity (Wildman–Crippen MR) is 153 cm³/mol. The van der Waals surface area contributed by atoms with E-state index in [0.717, 1.165) is 45.2 Å². The zero-order chi connectivity index (χ0) is 24.5. The molecule has 4 aliphatic rings. The van der Waals surface area contributed by atoms with Gasteiger partial charge < -0.3 is 20.1 Å². The quantitative estimate of drug-likeness (QED) is 0.381. The Kier molecular flexibility index (Phi) is 9.81. The topological polar surface area (TPSA) is 87.7 Å². The van der Waals surface area contributed by atoms with Crippen molar-refractivity contribution in [2.75, 3.05) is 19.6 Å². The Morgan fingerprint density at radius 2 is 2.06 bits per heavy atom. The van der Waals surface area contributed by atoms with Gasteiger partial charge in [-0.05, 0) is 39.6 Å². The van der Waals surface area contributed by atoms with E-state index in [1.54, 1.807) is 0 Å². The zero-order valence-corrected chi connectivity index (χ0v) is 25.9. The molecule has 0 bridgehead atoms. The average molecular weight is 581 g/mol. The number of hydrogen-bond acceptors (Lipinski definition) is 5. The minimum Gasteiger partial charge on any atom is -0.433 e. The molecule has 2 N–H and O–H groups in total.